The molecule has 1 aliphatic heterocycles. The maximum atomic E-state index is 11.6. The van der Waals surface area contributed by atoms with Crippen LogP contribution < -0.4 is 10.0 Å². The molecule has 0 spiro atoms. The van der Waals surface area contributed by atoms with Crippen LogP contribution in [0.4, 0.5) is 0 Å². The first kappa shape index (κ1) is 12.9. The molecule has 2 unspecified atom stereocenters. The van der Waals surface area contributed by atoms with Crippen LogP contribution >= 0.6 is 0 Å². The van der Waals surface area contributed by atoms with Gasteiger partial charge in [-0.1, -0.05) is 13.3 Å². The van der Waals surface area contributed by atoms with Gasteiger partial charge in [0.05, 0.1) is 0 Å². The van der Waals surface area contributed by atoms with Crippen molar-refractivity contribution in [2.75, 3.05) is 27.2 Å². The maximum absolute atomic E-state index is 11.6. The van der Waals surface area contributed by atoms with E-state index < -0.39 is 10.2 Å². The molecule has 2 atom stereocenters. The van der Waals surface area contributed by atoms with Crippen LogP contribution in [-0.2, 0) is 10.2 Å². The Labute approximate surface area is 92.4 Å². The Kier molecular flexibility index (Phi) is 4.51. The largest absolute Gasteiger partial charge is 0.317 e. The summed E-state index contributed by atoms with van der Waals surface area (Å²) in [5.41, 5.74) is 0. The smallest absolute Gasteiger partial charge is 0.279 e. The van der Waals surface area contributed by atoms with Crippen LogP contribution in [-0.4, -0.2) is 45.9 Å². The standard InChI is InChI=1S/C9H21N3O2S/c1-4-8-7-12(15(13,14)11-3)6-5-9(8)10-2/h8-11H,4-7H2,1-3H3. The van der Waals surface area contributed by atoms with Gasteiger partial charge in [-0.05, 0) is 19.4 Å². The fourth-order valence-corrected chi connectivity index (χ4v) is 3.13. The molecule has 6 heteroatoms. The molecule has 1 saturated heterocycles. The average molecular weight is 235 g/mol. The molecule has 1 fully saturated rings. The van der Waals surface area contributed by atoms with Crippen molar-refractivity contribution in [2.24, 2.45) is 5.92 Å². The molecular weight excluding hydrogens is 214 g/mol. The molecule has 5 nitrogen and oxygen atoms in total. The predicted octanol–water partition coefficient (Wildman–Crippen LogP) is -0.229. The summed E-state index contributed by atoms with van der Waals surface area (Å²) in [6, 6.07) is 0.443. The third kappa shape index (κ3) is 2.90. The van der Waals surface area contributed by atoms with Gasteiger partial charge < -0.3 is 5.32 Å². The van der Waals surface area contributed by atoms with Gasteiger partial charge >= 0.3 is 0 Å². The van der Waals surface area contributed by atoms with Crippen molar-refractivity contribution in [1.82, 2.24) is 14.3 Å². The molecule has 0 saturated carbocycles. The first-order chi connectivity index (χ1) is 7.05. The second-order valence-electron chi connectivity index (χ2n) is 3.92. The number of piperidine rings is 1. The van der Waals surface area contributed by atoms with E-state index in [1.54, 1.807) is 0 Å². The summed E-state index contributed by atoms with van der Waals surface area (Å²) >= 11 is 0. The summed E-state index contributed by atoms with van der Waals surface area (Å²) in [7, 11) is 0.158. The Bertz CT molecular complexity index is 292. The van der Waals surface area contributed by atoms with Crippen molar-refractivity contribution in [1.29, 1.82) is 0 Å². The number of hydrogen-bond donors (Lipinski definition) is 2. The number of rotatable bonds is 4. The van der Waals surface area contributed by atoms with Gasteiger partial charge in [-0.2, -0.15) is 12.7 Å². The lowest BCUT2D eigenvalue weighted by Crippen LogP contribution is -2.52. The molecule has 1 aliphatic rings. The Morgan fingerprint density at radius 1 is 1.40 bits per heavy atom. The van der Waals surface area contributed by atoms with Gasteiger partial charge in [-0.3, -0.25) is 0 Å². The lowest BCUT2D eigenvalue weighted by molar-refractivity contribution is 0.208. The zero-order valence-corrected chi connectivity index (χ0v) is 10.5. The molecule has 0 aromatic rings. The van der Waals surface area contributed by atoms with Crippen LogP contribution in [0.15, 0.2) is 0 Å². The normalized spacial score (nSPS) is 29.3. The van der Waals surface area contributed by atoms with E-state index in [1.165, 1.54) is 11.4 Å². The second kappa shape index (κ2) is 5.25. The summed E-state index contributed by atoms with van der Waals surface area (Å²) in [6.07, 6.45) is 1.89. The average Bonchev–Trinajstić information content (AvgIpc) is 2.28. The van der Waals surface area contributed by atoms with Gasteiger partial charge in [0.1, 0.15) is 0 Å². The minimum absolute atomic E-state index is 0.409. The van der Waals surface area contributed by atoms with Crippen LogP contribution in [0.2, 0.25) is 0 Å². The second-order valence-corrected chi connectivity index (χ2v) is 5.79. The summed E-state index contributed by atoms with van der Waals surface area (Å²) < 4.78 is 27.1. The predicted molar refractivity (Wildman–Crippen MR) is 60.8 cm³/mol. The van der Waals surface area contributed by atoms with Gasteiger partial charge in [0.2, 0.25) is 0 Å². The monoisotopic (exact) mass is 235 g/mol. The molecule has 15 heavy (non-hydrogen) atoms. The highest BCUT2D eigenvalue weighted by atomic mass is 32.2. The maximum Gasteiger partial charge on any atom is 0.279 e. The van der Waals surface area contributed by atoms with Crippen molar-refractivity contribution in [3.8, 4) is 0 Å². The molecule has 0 amide bonds. The van der Waals surface area contributed by atoms with Gasteiger partial charge in [-0.15, -0.1) is 0 Å². The van der Waals surface area contributed by atoms with E-state index in [0.717, 1.165) is 12.8 Å². The van der Waals surface area contributed by atoms with Crippen LogP contribution in [0, 0.1) is 5.92 Å². The van der Waals surface area contributed by atoms with Crippen LogP contribution in [0.25, 0.3) is 0 Å². The first-order valence-electron chi connectivity index (χ1n) is 5.41. The quantitative estimate of drug-likeness (QED) is 0.707. The summed E-state index contributed by atoms with van der Waals surface area (Å²) in [5, 5.41) is 3.25. The molecular formula is C9H21N3O2S. The number of hydrogen-bond acceptors (Lipinski definition) is 3. The van der Waals surface area contributed by atoms with E-state index >= 15 is 0 Å². The van der Waals surface area contributed by atoms with Crippen molar-refractivity contribution in [3.63, 3.8) is 0 Å². The van der Waals surface area contributed by atoms with Crippen molar-refractivity contribution >= 4 is 10.2 Å². The summed E-state index contributed by atoms with van der Waals surface area (Å²) in [4.78, 5) is 0. The molecule has 1 heterocycles. The van der Waals surface area contributed by atoms with Crippen LogP contribution in [0.3, 0.4) is 0 Å². The summed E-state index contributed by atoms with van der Waals surface area (Å²) in [5.74, 6) is 0.409. The Morgan fingerprint density at radius 3 is 2.53 bits per heavy atom. The Hall–Kier alpha value is -0.170. The number of nitrogens with one attached hydrogen (secondary N) is 2. The highest BCUT2D eigenvalue weighted by Crippen LogP contribution is 2.21. The van der Waals surface area contributed by atoms with Crippen molar-refractivity contribution < 1.29 is 8.42 Å². The zero-order valence-electron chi connectivity index (χ0n) is 9.66. The minimum Gasteiger partial charge on any atom is -0.317 e. The molecule has 0 radical (unpaired) electrons. The molecule has 2 N–H and O–H groups in total. The van der Waals surface area contributed by atoms with E-state index in [2.05, 4.69) is 17.0 Å². The van der Waals surface area contributed by atoms with Gasteiger partial charge in [0.25, 0.3) is 10.2 Å². The lowest BCUT2D eigenvalue weighted by atomic mass is 9.91. The van der Waals surface area contributed by atoms with E-state index in [-0.39, 0.29) is 0 Å². The van der Waals surface area contributed by atoms with Gasteiger partial charge in [0.15, 0.2) is 0 Å². The zero-order chi connectivity index (χ0) is 11.5. The minimum atomic E-state index is -3.24. The molecule has 0 aliphatic carbocycles. The fourth-order valence-electron chi connectivity index (χ4n) is 2.14. The van der Waals surface area contributed by atoms with E-state index in [1.807, 2.05) is 7.05 Å². The van der Waals surface area contributed by atoms with E-state index in [0.29, 0.717) is 25.0 Å². The molecule has 0 bridgehead atoms. The molecule has 1 rings (SSSR count). The SMILES string of the molecule is CCC1CN(S(=O)(=O)NC)CCC1NC. The third-order valence-corrected chi connectivity index (χ3v) is 4.72. The van der Waals surface area contributed by atoms with Crippen molar-refractivity contribution in [2.45, 2.75) is 25.8 Å². The third-order valence-electron chi connectivity index (χ3n) is 3.19. The van der Waals surface area contributed by atoms with E-state index in [9.17, 15) is 8.42 Å². The van der Waals surface area contributed by atoms with Crippen molar-refractivity contribution in [3.05, 3.63) is 0 Å². The highest BCUT2D eigenvalue weighted by Gasteiger charge is 2.32. The molecule has 0 aromatic heterocycles. The van der Waals surface area contributed by atoms with Gasteiger partial charge in [0, 0.05) is 26.2 Å². The Balaban J connectivity index is 2.69. The highest BCUT2D eigenvalue weighted by molar-refractivity contribution is 7.87. The fraction of sp³-hybridized carbons (Fsp3) is 1.00. The molecule has 0 aromatic carbocycles. The first-order valence-corrected chi connectivity index (χ1v) is 6.85. The topological polar surface area (TPSA) is 61.4 Å². The number of nitrogens with zero attached hydrogens (tertiary/aromatic N) is 1. The lowest BCUT2D eigenvalue weighted by Gasteiger charge is -2.37. The Morgan fingerprint density at radius 2 is 2.07 bits per heavy atom. The van der Waals surface area contributed by atoms with Crippen LogP contribution in [0.5, 0.6) is 0 Å². The van der Waals surface area contributed by atoms with Crippen LogP contribution in [0.1, 0.15) is 19.8 Å². The van der Waals surface area contributed by atoms with Gasteiger partial charge in [-0.25, -0.2) is 4.72 Å². The van der Waals surface area contributed by atoms with E-state index in [4.69, 9.17) is 0 Å². The molecule has 90 valence electrons. The summed E-state index contributed by atoms with van der Waals surface area (Å²) in [6.45, 7) is 3.32.